The van der Waals surface area contributed by atoms with Gasteiger partial charge in [-0.2, -0.15) is 0 Å². The third kappa shape index (κ3) is 5.02. The van der Waals surface area contributed by atoms with Crippen molar-refractivity contribution in [1.82, 2.24) is 5.48 Å². The number of aliphatic hydroxyl groups is 1. The number of rotatable bonds is 7. The van der Waals surface area contributed by atoms with Gasteiger partial charge in [-0.25, -0.2) is 5.48 Å². The minimum absolute atomic E-state index is 0.213. The van der Waals surface area contributed by atoms with Gasteiger partial charge in [-0.1, -0.05) is 60.7 Å². The van der Waals surface area contributed by atoms with Crippen LogP contribution in [0.1, 0.15) is 11.1 Å². The Morgan fingerprint density at radius 3 is 2.14 bits per heavy atom. The van der Waals surface area contributed by atoms with Gasteiger partial charge in [0, 0.05) is 0 Å². The molecule has 1 atom stereocenters. The van der Waals surface area contributed by atoms with Crippen LogP contribution in [0.4, 0.5) is 0 Å². The second-order valence-electron chi connectivity index (χ2n) is 4.81. The van der Waals surface area contributed by atoms with Crippen molar-refractivity contribution in [1.29, 1.82) is 0 Å². The average molecular weight is 285 g/mol. The summed E-state index contributed by atoms with van der Waals surface area (Å²) in [4.78, 5) is 17.2. The Hall–Kier alpha value is -2.17. The summed E-state index contributed by atoms with van der Waals surface area (Å²) in [5.74, 6) is -0.819. The lowest BCUT2D eigenvalue weighted by Gasteiger charge is -2.14. The van der Waals surface area contributed by atoms with Crippen molar-refractivity contribution >= 4 is 5.91 Å². The molecule has 4 heteroatoms. The van der Waals surface area contributed by atoms with Gasteiger partial charge >= 0.3 is 0 Å². The zero-order chi connectivity index (χ0) is 14.9. The summed E-state index contributed by atoms with van der Waals surface area (Å²) in [5.41, 5.74) is 4.39. The minimum atomic E-state index is -0.511. The van der Waals surface area contributed by atoms with Gasteiger partial charge in [-0.05, 0) is 17.5 Å². The number of hydrogen-bond donors (Lipinski definition) is 2. The molecule has 2 rings (SSSR count). The van der Waals surface area contributed by atoms with Gasteiger partial charge in [0.15, 0.2) is 0 Å². The minimum Gasteiger partial charge on any atom is -0.396 e. The smallest absolute Gasteiger partial charge is 0.249 e. The molecule has 2 N–H and O–H groups in total. The molecule has 0 saturated carbocycles. The third-order valence-corrected chi connectivity index (χ3v) is 3.17. The van der Waals surface area contributed by atoms with Crippen LogP contribution in [0.3, 0.4) is 0 Å². The van der Waals surface area contributed by atoms with Crippen LogP contribution >= 0.6 is 0 Å². The van der Waals surface area contributed by atoms with Crippen molar-refractivity contribution in [2.24, 2.45) is 5.92 Å². The van der Waals surface area contributed by atoms with Gasteiger partial charge < -0.3 is 5.11 Å². The summed E-state index contributed by atoms with van der Waals surface area (Å²) in [7, 11) is 0. The molecule has 0 fully saturated rings. The van der Waals surface area contributed by atoms with Gasteiger partial charge in [-0.15, -0.1) is 0 Å². The predicted octanol–water partition coefficient (Wildman–Crippen LogP) is 2.09. The number of aliphatic hydroxyl groups excluding tert-OH is 1. The molecule has 0 spiro atoms. The maximum atomic E-state index is 12.0. The summed E-state index contributed by atoms with van der Waals surface area (Å²) in [6, 6.07) is 19.2. The van der Waals surface area contributed by atoms with Gasteiger partial charge in [0.1, 0.15) is 0 Å². The first kappa shape index (κ1) is 15.2. The number of carbonyl (C=O) groups excluding carboxylic acids is 1. The molecule has 4 nitrogen and oxygen atoms in total. The summed E-state index contributed by atoms with van der Waals surface area (Å²) < 4.78 is 0. The molecule has 110 valence electrons. The largest absolute Gasteiger partial charge is 0.396 e. The molecule has 0 aromatic heterocycles. The van der Waals surface area contributed by atoms with Crippen molar-refractivity contribution in [3.8, 4) is 0 Å². The monoisotopic (exact) mass is 285 g/mol. The highest BCUT2D eigenvalue weighted by molar-refractivity contribution is 5.78. The summed E-state index contributed by atoms with van der Waals surface area (Å²) in [6.07, 6.45) is 0.484. The van der Waals surface area contributed by atoms with Crippen molar-refractivity contribution in [3.05, 3.63) is 71.8 Å². The fraction of sp³-hybridized carbons (Fsp3) is 0.235. The van der Waals surface area contributed by atoms with Crippen LogP contribution in [0.25, 0.3) is 0 Å². The number of benzene rings is 2. The second-order valence-corrected chi connectivity index (χ2v) is 4.81. The lowest BCUT2D eigenvalue weighted by Crippen LogP contribution is -2.34. The first-order chi connectivity index (χ1) is 10.3. The Balaban J connectivity index is 1.80. The Kier molecular flexibility index (Phi) is 5.94. The maximum absolute atomic E-state index is 12.0. The van der Waals surface area contributed by atoms with Crippen LogP contribution < -0.4 is 5.48 Å². The van der Waals surface area contributed by atoms with Crippen molar-refractivity contribution in [2.75, 3.05) is 6.61 Å². The zero-order valence-electron chi connectivity index (χ0n) is 11.7. The second kappa shape index (κ2) is 8.19. The van der Waals surface area contributed by atoms with E-state index in [2.05, 4.69) is 5.48 Å². The van der Waals surface area contributed by atoms with E-state index in [9.17, 15) is 9.90 Å². The first-order valence-electron chi connectivity index (χ1n) is 6.90. The molecule has 1 amide bonds. The zero-order valence-corrected chi connectivity index (χ0v) is 11.7. The molecule has 0 unspecified atom stereocenters. The Morgan fingerprint density at radius 2 is 1.57 bits per heavy atom. The fourth-order valence-electron chi connectivity index (χ4n) is 1.99. The van der Waals surface area contributed by atoms with E-state index in [0.717, 1.165) is 11.1 Å². The summed E-state index contributed by atoms with van der Waals surface area (Å²) in [6.45, 7) is 0.0888. The van der Waals surface area contributed by atoms with Crippen LogP contribution in [0.15, 0.2) is 60.7 Å². The molecular weight excluding hydrogens is 266 g/mol. The van der Waals surface area contributed by atoms with Crippen LogP contribution in [0, 0.1) is 5.92 Å². The van der Waals surface area contributed by atoms with E-state index in [1.165, 1.54) is 0 Å². The lowest BCUT2D eigenvalue weighted by atomic mass is 10.00. The average Bonchev–Trinajstić information content (AvgIpc) is 2.54. The molecule has 0 aliphatic heterocycles. The van der Waals surface area contributed by atoms with E-state index < -0.39 is 5.92 Å². The first-order valence-corrected chi connectivity index (χ1v) is 6.90. The van der Waals surface area contributed by atoms with Crippen LogP contribution in [-0.4, -0.2) is 17.6 Å². The normalized spacial score (nSPS) is 11.9. The lowest BCUT2D eigenvalue weighted by molar-refractivity contribution is -0.140. The topological polar surface area (TPSA) is 58.6 Å². The Labute approximate surface area is 124 Å². The number of carbonyl (C=O) groups is 1. The summed E-state index contributed by atoms with van der Waals surface area (Å²) >= 11 is 0. The van der Waals surface area contributed by atoms with E-state index in [0.29, 0.717) is 13.0 Å². The van der Waals surface area contributed by atoms with Crippen LogP contribution in [-0.2, 0) is 22.7 Å². The van der Waals surface area contributed by atoms with Crippen LogP contribution in [0.2, 0.25) is 0 Å². The molecule has 0 aliphatic rings. The van der Waals surface area contributed by atoms with E-state index in [4.69, 9.17) is 4.84 Å². The molecule has 21 heavy (non-hydrogen) atoms. The third-order valence-electron chi connectivity index (χ3n) is 3.17. The van der Waals surface area contributed by atoms with E-state index in [1.807, 2.05) is 60.7 Å². The van der Waals surface area contributed by atoms with Crippen molar-refractivity contribution in [2.45, 2.75) is 13.0 Å². The van der Waals surface area contributed by atoms with Gasteiger partial charge in [0.2, 0.25) is 5.91 Å². The SMILES string of the molecule is O=C(NOCc1ccccc1)[C@@H](CO)Cc1ccccc1. The number of amides is 1. The number of hydrogen-bond acceptors (Lipinski definition) is 3. The van der Waals surface area contributed by atoms with Gasteiger partial charge in [0.05, 0.1) is 19.1 Å². The molecule has 2 aromatic carbocycles. The highest BCUT2D eigenvalue weighted by atomic mass is 16.6. The highest BCUT2D eigenvalue weighted by Crippen LogP contribution is 2.09. The van der Waals surface area contributed by atoms with Crippen molar-refractivity contribution in [3.63, 3.8) is 0 Å². The number of hydroxylamine groups is 1. The molecular formula is C17H19NO3. The fourth-order valence-corrected chi connectivity index (χ4v) is 1.99. The van der Waals surface area contributed by atoms with Gasteiger partial charge in [-0.3, -0.25) is 9.63 Å². The van der Waals surface area contributed by atoms with E-state index >= 15 is 0 Å². The Morgan fingerprint density at radius 1 is 1.00 bits per heavy atom. The molecule has 0 saturated heterocycles. The molecule has 0 aliphatic carbocycles. The maximum Gasteiger partial charge on any atom is 0.249 e. The van der Waals surface area contributed by atoms with Gasteiger partial charge in [0.25, 0.3) is 0 Å². The Bertz CT molecular complexity index is 542. The standard InChI is InChI=1S/C17H19NO3/c19-12-16(11-14-7-3-1-4-8-14)17(20)18-21-13-15-9-5-2-6-10-15/h1-10,16,19H,11-13H2,(H,18,20)/t16-/m1/s1. The molecule has 0 bridgehead atoms. The van der Waals surface area contributed by atoms with Crippen molar-refractivity contribution < 1.29 is 14.7 Å². The molecule has 2 aromatic rings. The predicted molar refractivity (Wildman–Crippen MR) is 80.1 cm³/mol. The van der Waals surface area contributed by atoms with Crippen LogP contribution in [0.5, 0.6) is 0 Å². The molecule has 0 radical (unpaired) electrons. The summed E-state index contributed by atoms with van der Waals surface area (Å²) in [5, 5.41) is 9.36. The quantitative estimate of drug-likeness (QED) is 0.766. The molecule has 0 heterocycles. The highest BCUT2D eigenvalue weighted by Gasteiger charge is 2.18. The van der Waals surface area contributed by atoms with E-state index in [-0.39, 0.29) is 12.5 Å². The van der Waals surface area contributed by atoms with E-state index in [1.54, 1.807) is 0 Å². The number of nitrogens with one attached hydrogen (secondary N) is 1.